The number of ether oxygens (including phenoxy) is 2. The summed E-state index contributed by atoms with van der Waals surface area (Å²) in [7, 11) is 0. The summed E-state index contributed by atoms with van der Waals surface area (Å²) in [4.78, 5) is 36.4. The summed E-state index contributed by atoms with van der Waals surface area (Å²) in [6.45, 7) is 2.36. The van der Waals surface area contributed by atoms with Crippen LogP contribution < -0.4 is 19.9 Å². The number of carbonyl (C=O) groups excluding carboxylic acids is 2. The Morgan fingerprint density at radius 2 is 1.76 bits per heavy atom. The molecule has 1 aliphatic heterocycles. The Kier molecular flexibility index (Phi) is 6.59. The second-order valence-electron chi connectivity index (χ2n) is 7.41. The Bertz CT molecular complexity index is 1270. The average Bonchev–Trinajstić information content (AvgIpc) is 3.13. The van der Waals surface area contributed by atoms with Crippen LogP contribution in [0.15, 0.2) is 78.4 Å². The molecule has 0 bridgehead atoms. The zero-order chi connectivity index (χ0) is 24.1. The summed E-state index contributed by atoms with van der Waals surface area (Å²) in [6.07, 6.45) is 1.50. The highest BCUT2D eigenvalue weighted by molar-refractivity contribution is 6.31. The molecule has 0 saturated carbocycles. The SMILES string of the molecule is CCOc1cc(C=C2C(=O)NN(c3ccccc3)C2=O)ccc1OCc1cccc(C(=O)O)c1. The number of nitrogens with zero attached hydrogens (tertiary/aromatic N) is 1. The summed E-state index contributed by atoms with van der Waals surface area (Å²) in [5.74, 6) is -1.06. The first-order chi connectivity index (χ1) is 16.5. The minimum absolute atomic E-state index is 0.00505. The molecule has 1 aliphatic rings. The van der Waals surface area contributed by atoms with Crippen molar-refractivity contribution in [2.24, 2.45) is 0 Å². The van der Waals surface area contributed by atoms with Crippen molar-refractivity contribution in [2.45, 2.75) is 13.5 Å². The molecule has 0 radical (unpaired) electrons. The standard InChI is InChI=1S/C26H22N2O6/c1-2-33-23-15-17(11-12-22(23)34-16-18-7-6-8-19(13-18)26(31)32)14-21-24(29)27-28(25(21)30)20-9-4-3-5-10-20/h3-15H,2,16H2,1H3,(H,27,29)(H,31,32). The molecule has 3 aromatic carbocycles. The van der Waals surface area contributed by atoms with E-state index in [1.165, 1.54) is 17.2 Å². The molecule has 2 N–H and O–H groups in total. The van der Waals surface area contributed by atoms with E-state index in [0.29, 0.717) is 34.9 Å². The fraction of sp³-hybridized carbons (Fsp3) is 0.115. The largest absolute Gasteiger partial charge is 0.490 e. The highest BCUT2D eigenvalue weighted by Crippen LogP contribution is 2.31. The number of hydrogen-bond donors (Lipinski definition) is 2. The molecule has 8 nitrogen and oxygen atoms in total. The van der Waals surface area contributed by atoms with E-state index in [9.17, 15) is 14.4 Å². The average molecular weight is 458 g/mol. The topological polar surface area (TPSA) is 105 Å². The predicted molar refractivity (Wildman–Crippen MR) is 125 cm³/mol. The molecule has 4 rings (SSSR count). The van der Waals surface area contributed by atoms with Crippen LogP contribution in [0.4, 0.5) is 5.69 Å². The van der Waals surface area contributed by atoms with Gasteiger partial charge in [0, 0.05) is 0 Å². The Morgan fingerprint density at radius 3 is 2.50 bits per heavy atom. The zero-order valence-electron chi connectivity index (χ0n) is 18.4. The van der Waals surface area contributed by atoms with E-state index in [-0.39, 0.29) is 17.7 Å². The molecule has 3 aromatic rings. The van der Waals surface area contributed by atoms with Gasteiger partial charge in [0.05, 0.1) is 17.9 Å². The Morgan fingerprint density at radius 1 is 0.971 bits per heavy atom. The van der Waals surface area contributed by atoms with Crippen LogP contribution in [0.1, 0.15) is 28.4 Å². The van der Waals surface area contributed by atoms with Crippen LogP contribution in [0.5, 0.6) is 11.5 Å². The molecular weight excluding hydrogens is 436 g/mol. The smallest absolute Gasteiger partial charge is 0.335 e. The number of para-hydroxylation sites is 1. The van der Waals surface area contributed by atoms with E-state index in [1.807, 2.05) is 13.0 Å². The van der Waals surface area contributed by atoms with Crippen molar-refractivity contribution in [3.05, 3.63) is 95.1 Å². The maximum atomic E-state index is 12.8. The van der Waals surface area contributed by atoms with Crippen molar-refractivity contribution in [3.8, 4) is 11.5 Å². The van der Waals surface area contributed by atoms with Crippen molar-refractivity contribution in [3.63, 3.8) is 0 Å². The molecule has 1 heterocycles. The third-order valence-corrected chi connectivity index (χ3v) is 5.05. The number of benzene rings is 3. The maximum absolute atomic E-state index is 12.8. The normalized spacial score (nSPS) is 14.3. The highest BCUT2D eigenvalue weighted by Gasteiger charge is 2.34. The molecule has 1 saturated heterocycles. The number of amides is 2. The van der Waals surface area contributed by atoms with Gasteiger partial charge in [-0.3, -0.25) is 15.0 Å². The van der Waals surface area contributed by atoms with Gasteiger partial charge in [-0.15, -0.1) is 0 Å². The first-order valence-corrected chi connectivity index (χ1v) is 10.6. The lowest BCUT2D eigenvalue weighted by Gasteiger charge is -2.14. The van der Waals surface area contributed by atoms with E-state index in [4.69, 9.17) is 14.6 Å². The number of carboxylic acids is 1. The number of hydrazine groups is 1. The molecule has 8 heteroatoms. The van der Waals surface area contributed by atoms with Crippen LogP contribution in [0.25, 0.3) is 6.08 Å². The number of rotatable bonds is 8. The van der Waals surface area contributed by atoms with Gasteiger partial charge < -0.3 is 14.6 Å². The second-order valence-corrected chi connectivity index (χ2v) is 7.41. The molecule has 0 spiro atoms. The van der Waals surface area contributed by atoms with Crippen molar-refractivity contribution in [2.75, 3.05) is 11.6 Å². The molecule has 172 valence electrons. The van der Waals surface area contributed by atoms with E-state index in [2.05, 4.69) is 5.43 Å². The molecule has 2 amide bonds. The summed E-state index contributed by atoms with van der Waals surface area (Å²) in [6, 6.07) is 20.4. The lowest BCUT2D eigenvalue weighted by atomic mass is 10.1. The van der Waals surface area contributed by atoms with Gasteiger partial charge in [0.15, 0.2) is 11.5 Å². The van der Waals surface area contributed by atoms with Crippen molar-refractivity contribution in [1.82, 2.24) is 5.43 Å². The van der Waals surface area contributed by atoms with E-state index in [1.54, 1.807) is 60.7 Å². The zero-order valence-corrected chi connectivity index (χ0v) is 18.4. The lowest BCUT2D eigenvalue weighted by molar-refractivity contribution is -0.117. The van der Waals surface area contributed by atoms with E-state index >= 15 is 0 Å². The predicted octanol–water partition coefficient (Wildman–Crippen LogP) is 3.82. The fourth-order valence-corrected chi connectivity index (χ4v) is 3.44. The van der Waals surface area contributed by atoms with Crippen LogP contribution in [-0.4, -0.2) is 29.5 Å². The van der Waals surface area contributed by atoms with Gasteiger partial charge in [-0.1, -0.05) is 36.4 Å². The molecule has 0 atom stereocenters. The van der Waals surface area contributed by atoms with Gasteiger partial charge in [0.25, 0.3) is 11.8 Å². The van der Waals surface area contributed by atoms with Crippen molar-refractivity contribution in [1.29, 1.82) is 0 Å². The minimum Gasteiger partial charge on any atom is -0.490 e. The van der Waals surface area contributed by atoms with Crippen molar-refractivity contribution < 1.29 is 29.0 Å². The maximum Gasteiger partial charge on any atom is 0.335 e. The van der Waals surface area contributed by atoms with Gasteiger partial charge in [-0.25, -0.2) is 9.80 Å². The number of carbonyl (C=O) groups is 3. The third kappa shape index (κ3) is 4.91. The quantitative estimate of drug-likeness (QED) is 0.393. The van der Waals surface area contributed by atoms with E-state index < -0.39 is 17.8 Å². The van der Waals surface area contributed by atoms with Crippen LogP contribution in [0.3, 0.4) is 0 Å². The fourth-order valence-electron chi connectivity index (χ4n) is 3.44. The molecule has 34 heavy (non-hydrogen) atoms. The molecule has 0 aliphatic carbocycles. The summed E-state index contributed by atoms with van der Waals surface area (Å²) < 4.78 is 11.6. The van der Waals surface area contributed by atoms with Crippen molar-refractivity contribution >= 4 is 29.5 Å². The number of hydrogen-bond acceptors (Lipinski definition) is 5. The number of nitrogens with one attached hydrogen (secondary N) is 1. The second kappa shape index (κ2) is 9.91. The molecule has 0 aromatic heterocycles. The third-order valence-electron chi connectivity index (χ3n) is 5.05. The van der Waals surface area contributed by atoms with Gasteiger partial charge in [-0.2, -0.15) is 0 Å². The molecule has 1 fully saturated rings. The summed E-state index contributed by atoms with van der Waals surface area (Å²) >= 11 is 0. The van der Waals surface area contributed by atoms with Crippen LogP contribution in [0, 0.1) is 0 Å². The summed E-state index contributed by atoms with van der Waals surface area (Å²) in [5, 5.41) is 10.4. The molecule has 0 unspecified atom stereocenters. The number of anilines is 1. The van der Waals surface area contributed by atoms with Crippen LogP contribution >= 0.6 is 0 Å². The Balaban J connectivity index is 1.55. The van der Waals surface area contributed by atoms with Crippen LogP contribution in [0.2, 0.25) is 0 Å². The van der Waals surface area contributed by atoms with Gasteiger partial charge in [0.1, 0.15) is 12.2 Å². The first-order valence-electron chi connectivity index (χ1n) is 10.6. The summed E-state index contributed by atoms with van der Waals surface area (Å²) in [5.41, 5.74) is 4.61. The van der Waals surface area contributed by atoms with E-state index in [0.717, 1.165) is 0 Å². The van der Waals surface area contributed by atoms with Crippen LogP contribution in [-0.2, 0) is 16.2 Å². The number of carboxylic acid groups (broad SMARTS) is 1. The monoisotopic (exact) mass is 458 g/mol. The van der Waals surface area contributed by atoms with Gasteiger partial charge >= 0.3 is 5.97 Å². The highest BCUT2D eigenvalue weighted by atomic mass is 16.5. The Hall–Kier alpha value is -4.59. The Labute approximate surface area is 196 Å². The molecular formula is C26H22N2O6. The number of aromatic carboxylic acids is 1. The van der Waals surface area contributed by atoms with Gasteiger partial charge in [-0.05, 0) is 60.5 Å². The minimum atomic E-state index is -1.01. The lowest BCUT2D eigenvalue weighted by Crippen LogP contribution is -2.35. The van der Waals surface area contributed by atoms with Gasteiger partial charge in [0.2, 0.25) is 0 Å². The first kappa shape index (κ1) is 22.6.